The second kappa shape index (κ2) is 13.4. The van der Waals surface area contributed by atoms with Crippen LogP contribution >= 0.6 is 0 Å². The summed E-state index contributed by atoms with van der Waals surface area (Å²) in [5.74, 6) is 2.33. The van der Waals surface area contributed by atoms with Crippen LogP contribution in [0.1, 0.15) is 16.7 Å². The normalized spacial score (nSPS) is 21.1. The van der Waals surface area contributed by atoms with Crippen molar-refractivity contribution in [3.8, 4) is 17.2 Å². The van der Waals surface area contributed by atoms with Crippen molar-refractivity contribution < 1.29 is 38.3 Å². The van der Waals surface area contributed by atoms with Crippen molar-refractivity contribution in [2.45, 2.75) is 44.4 Å². The molecule has 0 radical (unpaired) electrons. The number of aliphatic hydroxyl groups excluding tert-OH is 1. The zero-order chi connectivity index (χ0) is 26.0. The first-order valence-corrected chi connectivity index (χ1v) is 12.1. The van der Waals surface area contributed by atoms with Crippen LogP contribution in [-0.2, 0) is 38.8 Å². The summed E-state index contributed by atoms with van der Waals surface area (Å²) < 4.78 is 39.8. The number of hydrogen-bond donors (Lipinski definition) is 1. The average molecular weight is 511 g/mol. The van der Waals surface area contributed by atoms with Gasteiger partial charge in [-0.1, -0.05) is 36.4 Å². The molecule has 1 aliphatic heterocycles. The lowest BCUT2D eigenvalue weighted by molar-refractivity contribution is -0.153. The molecule has 4 atom stereocenters. The minimum absolute atomic E-state index is 0.235. The van der Waals surface area contributed by atoms with Gasteiger partial charge in [0.05, 0.1) is 47.8 Å². The Bertz CT molecular complexity index is 1070. The number of aliphatic hydroxyl groups is 1. The molecule has 3 aromatic rings. The maximum atomic E-state index is 10.7. The Hall–Kier alpha value is -3.14. The molecule has 0 spiro atoms. The molecular weight excluding hydrogens is 476 g/mol. The molecule has 37 heavy (non-hydrogen) atoms. The van der Waals surface area contributed by atoms with Gasteiger partial charge in [-0.05, 0) is 53.1 Å². The van der Waals surface area contributed by atoms with Crippen molar-refractivity contribution in [2.75, 3.05) is 27.9 Å². The summed E-state index contributed by atoms with van der Waals surface area (Å²) in [6.07, 6.45) is -2.87. The molecule has 3 aromatic carbocycles. The van der Waals surface area contributed by atoms with Crippen molar-refractivity contribution in [3.05, 3.63) is 89.5 Å². The van der Waals surface area contributed by atoms with Crippen molar-refractivity contribution >= 4 is 0 Å². The van der Waals surface area contributed by atoms with E-state index >= 15 is 0 Å². The number of rotatable bonds is 13. The third kappa shape index (κ3) is 7.44. The van der Waals surface area contributed by atoms with Crippen LogP contribution < -0.4 is 14.2 Å². The minimum atomic E-state index is -1.14. The standard InChI is InChI=1S/C29H34O8/c1-31-23-10-4-20(5-11-23)16-34-19-26-27(35-17-21-6-12-24(32-2)13-7-21)28(29(30)37-26)36-18-22-8-14-25(33-3)15-9-22/h4-15,26-30H,16-19H2,1-3H3/t26-,27-,28-,29?/m1/s1. The van der Waals surface area contributed by atoms with Gasteiger partial charge < -0.3 is 38.3 Å². The molecular formula is C29H34O8. The van der Waals surface area contributed by atoms with Crippen molar-refractivity contribution in [2.24, 2.45) is 0 Å². The van der Waals surface area contributed by atoms with Gasteiger partial charge in [-0.3, -0.25) is 0 Å². The van der Waals surface area contributed by atoms with Crippen LogP contribution in [0.5, 0.6) is 17.2 Å². The van der Waals surface area contributed by atoms with Crippen LogP contribution in [0.15, 0.2) is 72.8 Å². The molecule has 198 valence electrons. The summed E-state index contributed by atoms with van der Waals surface area (Å²) >= 11 is 0. The zero-order valence-corrected chi connectivity index (χ0v) is 21.4. The van der Waals surface area contributed by atoms with Gasteiger partial charge in [0.15, 0.2) is 6.29 Å². The predicted molar refractivity (Wildman–Crippen MR) is 137 cm³/mol. The molecule has 0 bridgehead atoms. The molecule has 0 saturated carbocycles. The smallest absolute Gasteiger partial charge is 0.184 e. The average Bonchev–Trinajstić information content (AvgIpc) is 3.25. The molecule has 4 rings (SSSR count). The Morgan fingerprint density at radius 2 is 1.00 bits per heavy atom. The molecule has 1 heterocycles. The third-order valence-corrected chi connectivity index (χ3v) is 6.20. The number of hydrogen-bond acceptors (Lipinski definition) is 8. The van der Waals surface area contributed by atoms with E-state index in [9.17, 15) is 5.11 Å². The molecule has 1 unspecified atom stereocenters. The van der Waals surface area contributed by atoms with Gasteiger partial charge in [0.1, 0.15) is 35.6 Å². The largest absolute Gasteiger partial charge is 0.497 e. The van der Waals surface area contributed by atoms with Crippen LogP contribution in [-0.4, -0.2) is 57.6 Å². The van der Waals surface area contributed by atoms with Gasteiger partial charge in [-0.25, -0.2) is 0 Å². The molecule has 1 saturated heterocycles. The van der Waals surface area contributed by atoms with E-state index in [2.05, 4.69) is 0 Å². The first kappa shape index (κ1) is 26.9. The summed E-state index contributed by atoms with van der Waals surface area (Å²) in [6, 6.07) is 22.9. The zero-order valence-electron chi connectivity index (χ0n) is 21.4. The van der Waals surface area contributed by atoms with Crippen LogP contribution in [0.25, 0.3) is 0 Å². The molecule has 1 aliphatic rings. The maximum absolute atomic E-state index is 10.7. The van der Waals surface area contributed by atoms with E-state index in [1.807, 2.05) is 72.8 Å². The van der Waals surface area contributed by atoms with Crippen LogP contribution in [0.2, 0.25) is 0 Å². The second-order valence-corrected chi connectivity index (χ2v) is 8.68. The number of methoxy groups -OCH3 is 3. The van der Waals surface area contributed by atoms with E-state index in [0.717, 1.165) is 33.9 Å². The summed E-state index contributed by atoms with van der Waals surface area (Å²) in [7, 11) is 4.89. The Kier molecular flexibility index (Phi) is 9.76. The summed E-state index contributed by atoms with van der Waals surface area (Å²) in [6.45, 7) is 1.24. The molecule has 8 nitrogen and oxygen atoms in total. The molecule has 0 amide bonds. The van der Waals surface area contributed by atoms with Gasteiger partial charge in [0, 0.05) is 0 Å². The topological polar surface area (TPSA) is 84.8 Å². The van der Waals surface area contributed by atoms with Gasteiger partial charge in [-0.2, -0.15) is 0 Å². The lowest BCUT2D eigenvalue weighted by Crippen LogP contribution is -2.39. The highest BCUT2D eigenvalue weighted by atomic mass is 16.7. The van der Waals surface area contributed by atoms with E-state index < -0.39 is 24.6 Å². The van der Waals surface area contributed by atoms with Crippen LogP contribution in [0, 0.1) is 0 Å². The summed E-state index contributed by atoms with van der Waals surface area (Å²) in [5, 5.41) is 10.7. The van der Waals surface area contributed by atoms with Gasteiger partial charge in [0.2, 0.25) is 0 Å². The lowest BCUT2D eigenvalue weighted by Gasteiger charge is -2.24. The predicted octanol–water partition coefficient (Wildman–Crippen LogP) is 4.12. The Morgan fingerprint density at radius 3 is 1.43 bits per heavy atom. The second-order valence-electron chi connectivity index (χ2n) is 8.68. The van der Waals surface area contributed by atoms with E-state index in [0.29, 0.717) is 13.2 Å². The Balaban J connectivity index is 1.39. The SMILES string of the molecule is COc1ccc(COC[C@H]2OC(O)[C@H](OCc3ccc(OC)cc3)[C@@H]2OCc2ccc(OC)cc2)cc1. The highest BCUT2D eigenvalue weighted by Gasteiger charge is 2.45. The summed E-state index contributed by atoms with van der Waals surface area (Å²) in [4.78, 5) is 0. The molecule has 0 aromatic heterocycles. The lowest BCUT2D eigenvalue weighted by atomic mass is 10.1. The molecule has 8 heteroatoms. The van der Waals surface area contributed by atoms with Crippen molar-refractivity contribution in [1.82, 2.24) is 0 Å². The number of ether oxygens (including phenoxy) is 7. The number of benzene rings is 3. The minimum Gasteiger partial charge on any atom is -0.497 e. The van der Waals surface area contributed by atoms with Crippen molar-refractivity contribution in [3.63, 3.8) is 0 Å². The van der Waals surface area contributed by atoms with Crippen molar-refractivity contribution in [1.29, 1.82) is 0 Å². The van der Waals surface area contributed by atoms with E-state index in [4.69, 9.17) is 33.2 Å². The fraction of sp³-hybridized carbons (Fsp3) is 0.379. The third-order valence-electron chi connectivity index (χ3n) is 6.20. The molecule has 1 N–H and O–H groups in total. The van der Waals surface area contributed by atoms with Gasteiger partial charge in [0.25, 0.3) is 0 Å². The van der Waals surface area contributed by atoms with Crippen LogP contribution in [0.4, 0.5) is 0 Å². The highest BCUT2D eigenvalue weighted by molar-refractivity contribution is 5.28. The first-order valence-electron chi connectivity index (χ1n) is 12.1. The van der Waals surface area contributed by atoms with E-state index in [1.54, 1.807) is 21.3 Å². The fourth-order valence-electron chi connectivity index (χ4n) is 4.06. The Morgan fingerprint density at radius 1 is 0.595 bits per heavy atom. The molecule has 0 aliphatic carbocycles. The maximum Gasteiger partial charge on any atom is 0.184 e. The monoisotopic (exact) mass is 510 g/mol. The quantitative estimate of drug-likeness (QED) is 0.368. The van der Waals surface area contributed by atoms with Crippen LogP contribution in [0.3, 0.4) is 0 Å². The van der Waals surface area contributed by atoms with E-state index in [1.165, 1.54) is 0 Å². The van der Waals surface area contributed by atoms with Gasteiger partial charge >= 0.3 is 0 Å². The summed E-state index contributed by atoms with van der Waals surface area (Å²) in [5.41, 5.74) is 2.91. The first-order chi connectivity index (χ1) is 18.1. The van der Waals surface area contributed by atoms with E-state index in [-0.39, 0.29) is 13.2 Å². The van der Waals surface area contributed by atoms with Gasteiger partial charge in [-0.15, -0.1) is 0 Å². The molecule has 1 fully saturated rings. The Labute approximate surface area is 217 Å². The fourth-order valence-corrected chi connectivity index (χ4v) is 4.06. The highest BCUT2D eigenvalue weighted by Crippen LogP contribution is 2.28.